The van der Waals surface area contributed by atoms with E-state index in [-0.39, 0.29) is 0 Å². The number of aromatic nitrogens is 3. The summed E-state index contributed by atoms with van der Waals surface area (Å²) in [5, 5.41) is 7.34. The minimum absolute atomic E-state index is 0.475. The van der Waals surface area contributed by atoms with E-state index in [1.54, 1.807) is 6.08 Å². The minimum Gasteiger partial charge on any atom is -0.382 e. The molecule has 1 aromatic rings. The van der Waals surface area contributed by atoms with E-state index in [4.69, 9.17) is 5.73 Å². The summed E-state index contributed by atoms with van der Waals surface area (Å²) in [6.07, 6.45) is 2.35. The first kappa shape index (κ1) is 7.14. The second-order valence-corrected chi connectivity index (χ2v) is 2.18. The van der Waals surface area contributed by atoms with Crippen molar-refractivity contribution in [3.05, 3.63) is 18.3 Å². The molecule has 0 saturated carbocycles. The lowest BCUT2D eigenvalue weighted by molar-refractivity contribution is 0.886. The van der Waals surface area contributed by atoms with Crippen molar-refractivity contribution >= 4 is 18.6 Å². The molecule has 1 aromatic heterocycles. The summed E-state index contributed by atoms with van der Waals surface area (Å²) in [6.45, 7) is 3.55. The number of hydrogen-bond donors (Lipinski definition) is 2. The molecule has 0 fully saturated rings. The van der Waals surface area contributed by atoms with Crippen molar-refractivity contribution in [1.29, 1.82) is 0 Å². The summed E-state index contributed by atoms with van der Waals surface area (Å²) < 4.78 is 1.23. The highest BCUT2D eigenvalue weighted by molar-refractivity contribution is 7.78. The van der Waals surface area contributed by atoms with Crippen LogP contribution in [0.5, 0.6) is 0 Å². The fourth-order valence-electron chi connectivity index (χ4n) is 0.593. The van der Waals surface area contributed by atoms with Gasteiger partial charge in [-0.05, 0) is 12.8 Å². The van der Waals surface area contributed by atoms with Crippen LogP contribution in [0.15, 0.2) is 12.7 Å². The van der Waals surface area contributed by atoms with Crippen molar-refractivity contribution < 1.29 is 0 Å². The van der Waals surface area contributed by atoms with Crippen LogP contribution in [0.2, 0.25) is 0 Å². The van der Waals surface area contributed by atoms with Crippen LogP contribution in [-0.2, 0) is 6.42 Å². The van der Waals surface area contributed by atoms with Crippen molar-refractivity contribution in [2.45, 2.75) is 6.42 Å². The first-order valence-corrected chi connectivity index (χ1v) is 3.16. The molecule has 54 valence electrons. The van der Waals surface area contributed by atoms with Crippen LogP contribution in [0.1, 0.15) is 5.69 Å². The van der Waals surface area contributed by atoms with E-state index in [0.29, 0.717) is 17.9 Å². The predicted molar refractivity (Wildman–Crippen MR) is 42.7 cm³/mol. The third-order valence-corrected chi connectivity index (χ3v) is 1.39. The molecule has 0 aliphatic carbocycles. The molecular formula is C5H8N4S. The average molecular weight is 156 g/mol. The van der Waals surface area contributed by atoms with Gasteiger partial charge in [0, 0.05) is 6.42 Å². The molecule has 0 radical (unpaired) electrons. The zero-order chi connectivity index (χ0) is 7.56. The van der Waals surface area contributed by atoms with Crippen LogP contribution < -0.4 is 5.73 Å². The third kappa shape index (κ3) is 1.13. The Morgan fingerprint density at radius 2 is 2.50 bits per heavy atom. The lowest BCUT2D eigenvalue weighted by Gasteiger charge is -1.90. The van der Waals surface area contributed by atoms with Crippen molar-refractivity contribution in [1.82, 2.24) is 14.4 Å². The average Bonchev–Trinajstić information content (AvgIpc) is 2.20. The van der Waals surface area contributed by atoms with E-state index in [1.807, 2.05) is 0 Å². The van der Waals surface area contributed by atoms with Gasteiger partial charge in [-0.2, -0.15) is 4.09 Å². The van der Waals surface area contributed by atoms with Gasteiger partial charge in [0.05, 0.1) is 0 Å². The van der Waals surface area contributed by atoms with Gasteiger partial charge in [-0.15, -0.1) is 11.7 Å². The minimum atomic E-state index is 0.475. The zero-order valence-corrected chi connectivity index (χ0v) is 6.25. The van der Waals surface area contributed by atoms with Gasteiger partial charge in [-0.25, -0.2) is 0 Å². The Morgan fingerprint density at radius 1 is 1.80 bits per heavy atom. The molecule has 4 nitrogen and oxygen atoms in total. The summed E-state index contributed by atoms with van der Waals surface area (Å²) in [4.78, 5) is 0. The summed E-state index contributed by atoms with van der Waals surface area (Å²) in [6, 6.07) is 0. The maximum absolute atomic E-state index is 5.50. The second kappa shape index (κ2) is 2.74. The Bertz CT molecular complexity index is 242. The Balaban J connectivity index is 2.93. The van der Waals surface area contributed by atoms with Gasteiger partial charge in [0.2, 0.25) is 0 Å². The monoisotopic (exact) mass is 156 g/mol. The Labute approximate surface area is 64.3 Å². The number of nitrogen functional groups attached to an aromatic ring is 1. The summed E-state index contributed by atoms with van der Waals surface area (Å²) in [5.41, 5.74) is 6.22. The smallest absolute Gasteiger partial charge is 0.157 e. The molecule has 0 bridgehead atoms. The van der Waals surface area contributed by atoms with Crippen LogP contribution in [0.4, 0.5) is 5.82 Å². The summed E-state index contributed by atoms with van der Waals surface area (Å²) in [7, 11) is 0. The molecule has 0 aromatic carbocycles. The number of anilines is 1. The van der Waals surface area contributed by atoms with Gasteiger partial charge >= 0.3 is 0 Å². The molecule has 0 aliphatic heterocycles. The maximum Gasteiger partial charge on any atom is 0.157 e. The van der Waals surface area contributed by atoms with Crippen LogP contribution in [0, 0.1) is 0 Å². The number of thiol groups is 1. The van der Waals surface area contributed by atoms with Crippen molar-refractivity contribution in [3.63, 3.8) is 0 Å². The Morgan fingerprint density at radius 3 is 2.90 bits per heavy atom. The first-order chi connectivity index (χ1) is 4.75. The van der Waals surface area contributed by atoms with Crippen molar-refractivity contribution in [2.75, 3.05) is 5.73 Å². The molecule has 0 spiro atoms. The number of allylic oxidation sites excluding steroid dienone is 1. The molecule has 5 heteroatoms. The largest absolute Gasteiger partial charge is 0.382 e. The Hall–Kier alpha value is -0.970. The number of nitrogens with zero attached hydrogens (tertiary/aromatic N) is 3. The first-order valence-electron chi connectivity index (χ1n) is 2.76. The predicted octanol–water partition coefficient (Wildman–Crippen LogP) is 0.282. The highest BCUT2D eigenvalue weighted by Gasteiger charge is 2.03. The van der Waals surface area contributed by atoms with Crippen molar-refractivity contribution in [3.8, 4) is 0 Å². The van der Waals surface area contributed by atoms with E-state index in [9.17, 15) is 0 Å². The van der Waals surface area contributed by atoms with Gasteiger partial charge in [0.15, 0.2) is 5.82 Å². The number of rotatable bonds is 2. The van der Waals surface area contributed by atoms with Crippen LogP contribution >= 0.6 is 12.8 Å². The lowest BCUT2D eigenvalue weighted by atomic mass is 10.3. The van der Waals surface area contributed by atoms with E-state index >= 15 is 0 Å². The second-order valence-electron chi connectivity index (χ2n) is 1.80. The SMILES string of the molecule is C=CCc1nnn(S)c1N. The molecule has 0 saturated heterocycles. The molecule has 0 atom stereocenters. The third-order valence-electron chi connectivity index (χ3n) is 1.10. The van der Waals surface area contributed by atoms with Gasteiger partial charge in [0.1, 0.15) is 5.69 Å². The highest BCUT2D eigenvalue weighted by Crippen LogP contribution is 2.08. The van der Waals surface area contributed by atoms with Crippen LogP contribution in [0.3, 0.4) is 0 Å². The fraction of sp³-hybridized carbons (Fsp3) is 0.200. The Kier molecular flexibility index (Phi) is 1.96. The molecule has 1 heterocycles. The van der Waals surface area contributed by atoms with E-state index in [1.165, 1.54) is 4.09 Å². The quantitative estimate of drug-likeness (QED) is 0.477. The highest BCUT2D eigenvalue weighted by atomic mass is 32.1. The van der Waals surface area contributed by atoms with Gasteiger partial charge < -0.3 is 5.73 Å². The van der Waals surface area contributed by atoms with Crippen molar-refractivity contribution in [2.24, 2.45) is 0 Å². The molecule has 10 heavy (non-hydrogen) atoms. The van der Waals surface area contributed by atoms with E-state index in [2.05, 4.69) is 29.7 Å². The van der Waals surface area contributed by atoms with Gasteiger partial charge in [-0.3, -0.25) is 0 Å². The summed E-state index contributed by atoms with van der Waals surface area (Å²) >= 11 is 3.90. The lowest BCUT2D eigenvalue weighted by Crippen LogP contribution is -1.94. The summed E-state index contributed by atoms with van der Waals surface area (Å²) in [5.74, 6) is 0.475. The van der Waals surface area contributed by atoms with Crippen LogP contribution in [0.25, 0.3) is 0 Å². The molecule has 2 N–H and O–H groups in total. The number of hydrogen-bond acceptors (Lipinski definition) is 4. The van der Waals surface area contributed by atoms with E-state index in [0.717, 1.165) is 0 Å². The molecule has 0 amide bonds. The molecule has 0 aliphatic rings. The van der Waals surface area contributed by atoms with Gasteiger partial charge in [-0.1, -0.05) is 11.3 Å². The van der Waals surface area contributed by atoms with Crippen LogP contribution in [-0.4, -0.2) is 14.4 Å². The normalized spacial score (nSPS) is 9.70. The molecular weight excluding hydrogens is 148 g/mol. The number of nitrogens with two attached hydrogens (primary N) is 1. The molecule has 0 unspecified atom stereocenters. The maximum atomic E-state index is 5.50. The zero-order valence-electron chi connectivity index (χ0n) is 5.36. The molecule has 1 rings (SSSR count). The standard InChI is InChI=1S/C5H8N4S/c1-2-3-4-5(6)9(10)8-7-4/h2,10H,1,3,6H2. The van der Waals surface area contributed by atoms with Gasteiger partial charge in [0.25, 0.3) is 0 Å². The topological polar surface area (TPSA) is 56.7 Å². The van der Waals surface area contributed by atoms with E-state index < -0.39 is 0 Å². The fourth-order valence-corrected chi connectivity index (χ4v) is 0.749.